The zero-order valence-electron chi connectivity index (χ0n) is 9.10. The van der Waals surface area contributed by atoms with E-state index in [4.69, 9.17) is 28.3 Å². The third-order valence-electron chi connectivity index (χ3n) is 2.30. The maximum absolute atomic E-state index is 10.6. The molecule has 1 aromatic heterocycles. The normalized spacial score (nSPS) is 10.3. The molecular weight excluding hydrogens is 275 g/mol. The second-order valence-electron chi connectivity index (χ2n) is 3.62. The Morgan fingerprint density at radius 2 is 1.83 bits per heavy atom. The molecule has 0 saturated heterocycles. The van der Waals surface area contributed by atoms with E-state index in [2.05, 4.69) is 9.97 Å². The van der Waals surface area contributed by atoms with Gasteiger partial charge in [0.1, 0.15) is 5.82 Å². The number of nitrogens with zero attached hydrogens (tertiary/aromatic N) is 2. The quantitative estimate of drug-likeness (QED) is 0.940. The van der Waals surface area contributed by atoms with Crippen molar-refractivity contribution in [3.05, 3.63) is 57.6 Å². The molecule has 0 aliphatic carbocycles. The lowest BCUT2D eigenvalue weighted by atomic mass is 10.1. The Morgan fingerprint density at radius 3 is 2.39 bits per heavy atom. The molecule has 1 aromatic carbocycles. The average Bonchev–Trinajstić information content (AvgIpc) is 2.34. The molecule has 2 aromatic rings. The van der Waals surface area contributed by atoms with Gasteiger partial charge < -0.3 is 5.11 Å². The molecule has 92 valence electrons. The first-order valence-corrected chi connectivity index (χ1v) is 5.80. The minimum Gasteiger partial charge on any atom is -0.478 e. The van der Waals surface area contributed by atoms with Crippen LogP contribution in [0.25, 0.3) is 0 Å². The van der Waals surface area contributed by atoms with E-state index < -0.39 is 5.97 Å². The SMILES string of the molecule is O=C(O)c1cnc(Cc2ccc(Cl)c(Cl)c2)nc1. The molecule has 1 N–H and O–H groups in total. The van der Waals surface area contributed by atoms with Crippen molar-refractivity contribution < 1.29 is 9.90 Å². The molecule has 0 spiro atoms. The lowest BCUT2D eigenvalue weighted by Gasteiger charge is -2.02. The molecule has 0 fully saturated rings. The van der Waals surface area contributed by atoms with Gasteiger partial charge in [-0.25, -0.2) is 14.8 Å². The summed E-state index contributed by atoms with van der Waals surface area (Å²) >= 11 is 11.7. The van der Waals surface area contributed by atoms with Crippen LogP contribution in [0.3, 0.4) is 0 Å². The van der Waals surface area contributed by atoms with Gasteiger partial charge in [-0.2, -0.15) is 0 Å². The predicted octanol–water partition coefficient (Wildman–Crippen LogP) is 3.07. The monoisotopic (exact) mass is 282 g/mol. The zero-order valence-corrected chi connectivity index (χ0v) is 10.6. The van der Waals surface area contributed by atoms with Gasteiger partial charge in [-0.15, -0.1) is 0 Å². The second-order valence-corrected chi connectivity index (χ2v) is 4.43. The lowest BCUT2D eigenvalue weighted by Crippen LogP contribution is -2.02. The number of carbonyl (C=O) groups is 1. The topological polar surface area (TPSA) is 63.1 Å². The number of benzene rings is 1. The first kappa shape index (κ1) is 12.8. The average molecular weight is 283 g/mol. The fourth-order valence-corrected chi connectivity index (χ4v) is 1.71. The first-order chi connectivity index (χ1) is 8.56. The van der Waals surface area contributed by atoms with Crippen LogP contribution >= 0.6 is 23.2 Å². The molecule has 0 amide bonds. The van der Waals surface area contributed by atoms with Crippen LogP contribution in [0.15, 0.2) is 30.6 Å². The molecule has 1 heterocycles. The van der Waals surface area contributed by atoms with Gasteiger partial charge in [0.05, 0.1) is 15.6 Å². The van der Waals surface area contributed by atoms with E-state index in [1.54, 1.807) is 12.1 Å². The Balaban J connectivity index is 2.18. The molecule has 0 unspecified atom stereocenters. The summed E-state index contributed by atoms with van der Waals surface area (Å²) in [6.07, 6.45) is 3.03. The standard InChI is InChI=1S/C12H8Cl2N2O2/c13-9-2-1-7(3-10(9)14)4-11-15-5-8(6-16-11)12(17)18/h1-3,5-6H,4H2,(H,17,18). The Bertz CT molecular complexity index is 585. The Kier molecular flexibility index (Phi) is 3.79. The molecule has 0 aliphatic rings. The fourth-order valence-electron chi connectivity index (χ4n) is 1.39. The predicted molar refractivity (Wildman–Crippen MR) is 68.3 cm³/mol. The number of rotatable bonds is 3. The molecule has 4 nitrogen and oxygen atoms in total. The van der Waals surface area contributed by atoms with Gasteiger partial charge >= 0.3 is 5.97 Å². The first-order valence-electron chi connectivity index (χ1n) is 5.04. The molecule has 0 radical (unpaired) electrons. The van der Waals surface area contributed by atoms with Crippen molar-refractivity contribution in [2.75, 3.05) is 0 Å². The summed E-state index contributed by atoms with van der Waals surface area (Å²) in [4.78, 5) is 18.6. The third kappa shape index (κ3) is 2.97. The number of aromatic nitrogens is 2. The van der Waals surface area contributed by atoms with E-state index in [0.29, 0.717) is 22.3 Å². The summed E-state index contributed by atoms with van der Waals surface area (Å²) < 4.78 is 0. The molecule has 2 rings (SSSR count). The maximum Gasteiger partial charge on any atom is 0.338 e. The summed E-state index contributed by atoms with van der Waals surface area (Å²) in [7, 11) is 0. The van der Waals surface area contributed by atoms with E-state index in [1.807, 2.05) is 6.07 Å². The molecule has 6 heteroatoms. The van der Waals surface area contributed by atoms with Crippen molar-refractivity contribution in [1.82, 2.24) is 9.97 Å². The van der Waals surface area contributed by atoms with Crippen LogP contribution < -0.4 is 0 Å². The van der Waals surface area contributed by atoms with E-state index in [-0.39, 0.29) is 5.56 Å². The largest absolute Gasteiger partial charge is 0.478 e. The van der Waals surface area contributed by atoms with Crippen LogP contribution in [-0.4, -0.2) is 21.0 Å². The van der Waals surface area contributed by atoms with E-state index in [0.717, 1.165) is 5.56 Å². The minimum atomic E-state index is -1.05. The van der Waals surface area contributed by atoms with Gasteiger partial charge in [-0.3, -0.25) is 0 Å². The highest BCUT2D eigenvalue weighted by atomic mass is 35.5. The number of aromatic carboxylic acids is 1. The smallest absolute Gasteiger partial charge is 0.338 e. The summed E-state index contributed by atoms with van der Waals surface area (Å²) in [6.45, 7) is 0. The number of halogens is 2. The number of hydrogen-bond donors (Lipinski definition) is 1. The molecule has 18 heavy (non-hydrogen) atoms. The number of carboxylic acid groups (broad SMARTS) is 1. The summed E-state index contributed by atoms with van der Waals surface area (Å²) in [5.41, 5.74) is 0.973. The molecule has 0 atom stereocenters. The van der Waals surface area contributed by atoms with Crippen molar-refractivity contribution in [3.63, 3.8) is 0 Å². The molecular formula is C12H8Cl2N2O2. The highest BCUT2D eigenvalue weighted by Crippen LogP contribution is 2.23. The van der Waals surface area contributed by atoms with E-state index >= 15 is 0 Å². The maximum atomic E-state index is 10.6. The lowest BCUT2D eigenvalue weighted by molar-refractivity contribution is 0.0696. The summed E-state index contributed by atoms with van der Waals surface area (Å²) in [5.74, 6) is -0.519. The van der Waals surface area contributed by atoms with E-state index in [9.17, 15) is 4.79 Å². The van der Waals surface area contributed by atoms with Gasteiger partial charge in [0.2, 0.25) is 0 Å². The van der Waals surface area contributed by atoms with Crippen molar-refractivity contribution in [3.8, 4) is 0 Å². The van der Waals surface area contributed by atoms with Crippen LogP contribution in [0.1, 0.15) is 21.7 Å². The van der Waals surface area contributed by atoms with Crippen molar-refractivity contribution in [2.45, 2.75) is 6.42 Å². The van der Waals surface area contributed by atoms with Crippen molar-refractivity contribution in [2.24, 2.45) is 0 Å². The van der Waals surface area contributed by atoms with Crippen LogP contribution in [0.4, 0.5) is 0 Å². The van der Waals surface area contributed by atoms with Crippen LogP contribution in [0, 0.1) is 0 Å². The zero-order chi connectivity index (χ0) is 13.1. The number of carboxylic acids is 1. The molecule has 0 aliphatic heterocycles. The summed E-state index contributed by atoms with van der Waals surface area (Å²) in [6, 6.07) is 5.26. The fraction of sp³-hybridized carbons (Fsp3) is 0.0833. The van der Waals surface area contributed by atoms with Gasteiger partial charge in [0.25, 0.3) is 0 Å². The molecule has 0 bridgehead atoms. The van der Waals surface area contributed by atoms with Crippen LogP contribution in [-0.2, 0) is 6.42 Å². The molecule has 0 saturated carbocycles. The Hall–Kier alpha value is -1.65. The highest BCUT2D eigenvalue weighted by Gasteiger charge is 2.06. The Morgan fingerprint density at radius 1 is 1.17 bits per heavy atom. The van der Waals surface area contributed by atoms with Gasteiger partial charge in [-0.1, -0.05) is 29.3 Å². The van der Waals surface area contributed by atoms with Crippen molar-refractivity contribution in [1.29, 1.82) is 0 Å². The van der Waals surface area contributed by atoms with Gasteiger partial charge in [0, 0.05) is 18.8 Å². The van der Waals surface area contributed by atoms with E-state index in [1.165, 1.54) is 12.4 Å². The third-order valence-corrected chi connectivity index (χ3v) is 3.04. The second kappa shape index (κ2) is 5.33. The number of hydrogen-bond acceptors (Lipinski definition) is 3. The Labute approximate surface area is 113 Å². The van der Waals surface area contributed by atoms with Crippen LogP contribution in [0.5, 0.6) is 0 Å². The van der Waals surface area contributed by atoms with Gasteiger partial charge in [0.15, 0.2) is 0 Å². The summed E-state index contributed by atoms with van der Waals surface area (Å²) in [5, 5.41) is 9.68. The highest BCUT2D eigenvalue weighted by molar-refractivity contribution is 6.42. The minimum absolute atomic E-state index is 0.0629. The van der Waals surface area contributed by atoms with Crippen molar-refractivity contribution >= 4 is 29.2 Å². The van der Waals surface area contributed by atoms with Crippen LogP contribution in [0.2, 0.25) is 10.0 Å². The van der Waals surface area contributed by atoms with Gasteiger partial charge in [-0.05, 0) is 17.7 Å².